The number of nitrogens with zero attached hydrogens (tertiary/aromatic N) is 1. The van der Waals surface area contributed by atoms with E-state index in [1.54, 1.807) is 31.4 Å². The molecule has 184 valence electrons. The molecule has 0 radical (unpaired) electrons. The van der Waals surface area contributed by atoms with Gasteiger partial charge in [-0.2, -0.15) is 4.31 Å². The number of rotatable bonds is 7. The van der Waals surface area contributed by atoms with Gasteiger partial charge in [0.2, 0.25) is 10.0 Å². The van der Waals surface area contributed by atoms with E-state index in [0.29, 0.717) is 29.2 Å². The number of ether oxygens (including phenoxy) is 2. The van der Waals surface area contributed by atoms with Gasteiger partial charge in [-0.25, -0.2) is 8.42 Å². The minimum atomic E-state index is -3.67. The van der Waals surface area contributed by atoms with Crippen molar-refractivity contribution in [3.8, 4) is 5.75 Å². The summed E-state index contributed by atoms with van der Waals surface area (Å²) in [4.78, 5) is 24.9. The van der Waals surface area contributed by atoms with E-state index in [2.05, 4.69) is 5.32 Å². The van der Waals surface area contributed by atoms with Crippen LogP contribution in [-0.2, 0) is 24.3 Å². The van der Waals surface area contributed by atoms with Crippen LogP contribution in [-0.4, -0.2) is 51.4 Å². The number of carbonyl (C=O) groups excluding carboxylic acids is 2. The van der Waals surface area contributed by atoms with Crippen molar-refractivity contribution >= 4 is 27.6 Å². The fourth-order valence-electron chi connectivity index (χ4n) is 4.15. The van der Waals surface area contributed by atoms with Gasteiger partial charge in [0.1, 0.15) is 5.75 Å². The van der Waals surface area contributed by atoms with Crippen LogP contribution < -0.4 is 10.1 Å². The third kappa shape index (κ3) is 5.59. The van der Waals surface area contributed by atoms with E-state index in [1.165, 1.54) is 4.31 Å². The Balaban J connectivity index is 1.55. The van der Waals surface area contributed by atoms with Crippen molar-refractivity contribution in [2.75, 3.05) is 32.1 Å². The fraction of sp³-hybridized carbons (Fsp3) is 0.440. The molecule has 3 rings (SSSR count). The number of hydrogen-bond donors (Lipinski definition) is 1. The average Bonchev–Trinajstić information content (AvgIpc) is 2.82. The Labute approximate surface area is 201 Å². The molecule has 0 unspecified atom stereocenters. The lowest BCUT2D eigenvalue weighted by Crippen LogP contribution is -2.41. The zero-order chi connectivity index (χ0) is 25.0. The van der Waals surface area contributed by atoms with Gasteiger partial charge in [-0.1, -0.05) is 6.07 Å². The quantitative estimate of drug-likeness (QED) is 0.599. The van der Waals surface area contributed by atoms with Gasteiger partial charge >= 0.3 is 5.97 Å². The maximum absolute atomic E-state index is 13.4. The Morgan fingerprint density at radius 3 is 2.09 bits per heavy atom. The Kier molecular flexibility index (Phi) is 7.99. The molecule has 0 aliphatic carbocycles. The summed E-state index contributed by atoms with van der Waals surface area (Å²) in [6.07, 6.45) is 0.697. The van der Waals surface area contributed by atoms with Gasteiger partial charge in [0.25, 0.3) is 5.91 Å². The molecule has 1 heterocycles. The number of benzene rings is 2. The summed E-state index contributed by atoms with van der Waals surface area (Å²) >= 11 is 0. The molecule has 1 amide bonds. The lowest BCUT2D eigenvalue weighted by molar-refractivity contribution is -0.152. The van der Waals surface area contributed by atoms with Crippen LogP contribution in [0.4, 0.5) is 5.69 Å². The summed E-state index contributed by atoms with van der Waals surface area (Å²) in [6, 6.07) is 8.80. The second kappa shape index (κ2) is 10.6. The number of methoxy groups -OCH3 is 1. The second-order valence-corrected chi connectivity index (χ2v) is 10.5. The van der Waals surface area contributed by atoms with E-state index in [1.807, 2.05) is 33.8 Å². The lowest BCUT2D eigenvalue weighted by Gasteiger charge is -2.31. The summed E-state index contributed by atoms with van der Waals surface area (Å²) in [5.41, 5.74) is 3.96. The summed E-state index contributed by atoms with van der Waals surface area (Å²) in [5, 5.41) is 2.66. The number of carbonyl (C=O) groups is 2. The minimum Gasteiger partial charge on any atom is -0.497 e. The van der Waals surface area contributed by atoms with Crippen molar-refractivity contribution in [3.63, 3.8) is 0 Å². The molecule has 0 saturated carbocycles. The summed E-state index contributed by atoms with van der Waals surface area (Å²) in [5.74, 6) is -0.706. The van der Waals surface area contributed by atoms with Crippen LogP contribution in [0.1, 0.15) is 35.1 Å². The van der Waals surface area contributed by atoms with Crippen molar-refractivity contribution in [2.45, 2.75) is 45.4 Å². The largest absolute Gasteiger partial charge is 0.497 e. The zero-order valence-corrected chi connectivity index (χ0v) is 21.1. The predicted octanol–water partition coefficient (Wildman–Crippen LogP) is 3.51. The Bertz CT molecular complexity index is 1140. The van der Waals surface area contributed by atoms with Gasteiger partial charge in [-0.3, -0.25) is 9.59 Å². The smallest absolute Gasteiger partial charge is 0.309 e. The van der Waals surface area contributed by atoms with Gasteiger partial charge in [-0.05, 0) is 87.1 Å². The molecular formula is C25H32N2O6S. The summed E-state index contributed by atoms with van der Waals surface area (Å²) in [7, 11) is -2.12. The molecule has 0 spiro atoms. The molecule has 1 aliphatic rings. The Morgan fingerprint density at radius 2 is 1.56 bits per heavy atom. The monoisotopic (exact) mass is 488 g/mol. The first-order valence-corrected chi connectivity index (χ1v) is 12.7. The number of sulfonamides is 1. The van der Waals surface area contributed by atoms with Crippen LogP contribution in [0.5, 0.6) is 5.75 Å². The number of nitrogens with one attached hydrogen (secondary N) is 1. The molecule has 34 heavy (non-hydrogen) atoms. The van der Waals surface area contributed by atoms with Crippen LogP contribution in [0.15, 0.2) is 35.2 Å². The molecule has 0 bridgehead atoms. The van der Waals surface area contributed by atoms with Crippen LogP contribution in [0.3, 0.4) is 0 Å². The second-order valence-electron chi connectivity index (χ2n) is 8.65. The average molecular weight is 489 g/mol. The van der Waals surface area contributed by atoms with Crippen LogP contribution in [0, 0.1) is 33.6 Å². The molecule has 1 saturated heterocycles. The molecule has 0 atom stereocenters. The van der Waals surface area contributed by atoms with E-state index < -0.39 is 34.4 Å². The molecule has 1 N–H and O–H groups in total. The fourth-order valence-corrected chi connectivity index (χ4v) is 6.20. The zero-order valence-electron chi connectivity index (χ0n) is 20.3. The van der Waals surface area contributed by atoms with Gasteiger partial charge in [0.15, 0.2) is 6.61 Å². The van der Waals surface area contributed by atoms with E-state index in [-0.39, 0.29) is 13.1 Å². The number of esters is 1. The number of anilines is 1. The van der Waals surface area contributed by atoms with Crippen LogP contribution in [0.25, 0.3) is 0 Å². The maximum Gasteiger partial charge on any atom is 0.309 e. The molecule has 2 aromatic carbocycles. The van der Waals surface area contributed by atoms with Gasteiger partial charge in [-0.15, -0.1) is 0 Å². The Hall–Kier alpha value is -2.91. The molecule has 1 aliphatic heterocycles. The maximum atomic E-state index is 13.4. The number of aryl methyl sites for hydroxylation is 2. The lowest BCUT2D eigenvalue weighted by atomic mass is 9.98. The van der Waals surface area contributed by atoms with Crippen molar-refractivity contribution in [2.24, 2.45) is 5.92 Å². The molecular weight excluding hydrogens is 456 g/mol. The number of piperidine rings is 1. The first-order chi connectivity index (χ1) is 16.0. The molecule has 2 aromatic rings. The number of amides is 1. The van der Waals surface area contributed by atoms with E-state index in [0.717, 1.165) is 22.3 Å². The van der Waals surface area contributed by atoms with Crippen molar-refractivity contribution in [1.82, 2.24) is 4.31 Å². The Morgan fingerprint density at radius 1 is 1.00 bits per heavy atom. The van der Waals surface area contributed by atoms with Crippen molar-refractivity contribution in [1.29, 1.82) is 0 Å². The molecule has 8 nitrogen and oxygen atoms in total. The predicted molar refractivity (Wildman–Crippen MR) is 129 cm³/mol. The molecule has 9 heteroatoms. The summed E-state index contributed by atoms with van der Waals surface area (Å²) in [6.45, 7) is 7.54. The van der Waals surface area contributed by atoms with Crippen LogP contribution >= 0.6 is 0 Å². The van der Waals surface area contributed by atoms with Gasteiger partial charge < -0.3 is 14.8 Å². The van der Waals surface area contributed by atoms with Gasteiger partial charge in [0, 0.05) is 18.8 Å². The van der Waals surface area contributed by atoms with Crippen LogP contribution in [0.2, 0.25) is 0 Å². The van der Waals surface area contributed by atoms with Crippen molar-refractivity contribution in [3.05, 3.63) is 52.6 Å². The highest BCUT2D eigenvalue weighted by Crippen LogP contribution is 2.31. The highest BCUT2D eigenvalue weighted by molar-refractivity contribution is 7.89. The minimum absolute atomic E-state index is 0.228. The van der Waals surface area contributed by atoms with E-state index >= 15 is 0 Å². The third-order valence-corrected chi connectivity index (χ3v) is 8.57. The molecule has 0 aromatic heterocycles. The first-order valence-electron chi connectivity index (χ1n) is 11.2. The van der Waals surface area contributed by atoms with Crippen molar-refractivity contribution < 1.29 is 27.5 Å². The first kappa shape index (κ1) is 25.7. The van der Waals surface area contributed by atoms with E-state index in [4.69, 9.17) is 9.47 Å². The standard InChI is InChI=1S/C25H32N2O6S/c1-16-14-17(2)19(4)24(18(16)3)34(30,31)27-12-10-20(11-13-27)25(29)33-15-23(28)26-21-6-8-22(32-5)9-7-21/h6-9,14,20H,10-13,15H2,1-5H3,(H,26,28). The number of hydrogen-bond acceptors (Lipinski definition) is 6. The normalized spacial score (nSPS) is 15.1. The highest BCUT2D eigenvalue weighted by atomic mass is 32.2. The summed E-state index contributed by atoms with van der Waals surface area (Å²) < 4.78 is 38.5. The topological polar surface area (TPSA) is 102 Å². The van der Waals surface area contributed by atoms with Gasteiger partial charge in [0.05, 0.1) is 17.9 Å². The SMILES string of the molecule is COc1ccc(NC(=O)COC(=O)C2CCN(S(=O)(=O)c3c(C)c(C)cc(C)c3C)CC2)cc1. The molecule has 1 fully saturated rings. The third-order valence-electron chi connectivity index (χ3n) is 6.40. The highest BCUT2D eigenvalue weighted by Gasteiger charge is 2.35. The van der Waals surface area contributed by atoms with E-state index in [9.17, 15) is 18.0 Å².